The minimum Gasteiger partial charge on any atom is -0.301 e. The molecule has 0 amide bonds. The fourth-order valence-corrected chi connectivity index (χ4v) is 3.01. The zero-order chi connectivity index (χ0) is 15.1. The van der Waals surface area contributed by atoms with Crippen molar-refractivity contribution in [2.24, 2.45) is 0 Å². The lowest BCUT2D eigenvalue weighted by Crippen LogP contribution is -2.24. The van der Waals surface area contributed by atoms with Gasteiger partial charge in [-0.1, -0.05) is 34.1 Å². The maximum absolute atomic E-state index is 4.68. The molecule has 1 fully saturated rings. The first kappa shape index (κ1) is 17.2. The first-order chi connectivity index (χ1) is 9.51. The Bertz CT molecular complexity index is 387. The van der Waals surface area contributed by atoms with Crippen molar-refractivity contribution in [2.75, 3.05) is 19.6 Å². The fraction of sp³-hybridized carbons (Fsp3) is 0.824. The molecule has 1 saturated heterocycles. The van der Waals surface area contributed by atoms with Gasteiger partial charge in [0.05, 0.1) is 12.2 Å². The summed E-state index contributed by atoms with van der Waals surface area (Å²) in [4.78, 5) is 2.55. The van der Waals surface area contributed by atoms with Crippen LogP contribution >= 0.6 is 0 Å². The minimum atomic E-state index is 0.579. The second kappa shape index (κ2) is 8.46. The third-order valence-corrected chi connectivity index (χ3v) is 3.84. The Morgan fingerprint density at radius 2 is 1.60 bits per heavy atom. The highest BCUT2D eigenvalue weighted by atomic mass is 15.3. The molecule has 0 aliphatic carbocycles. The molecule has 2 rings (SSSR count). The maximum Gasteiger partial charge on any atom is 0.0631 e. The van der Waals surface area contributed by atoms with Gasteiger partial charge < -0.3 is 4.90 Å². The molecule has 0 spiro atoms. The smallest absolute Gasteiger partial charge is 0.0631 e. The number of aromatic nitrogens is 2. The Balaban J connectivity index is 0.000000612. The van der Waals surface area contributed by atoms with Crippen LogP contribution in [0, 0.1) is 13.8 Å². The summed E-state index contributed by atoms with van der Waals surface area (Å²) in [7, 11) is 0. The van der Waals surface area contributed by atoms with Crippen LogP contribution in [0.15, 0.2) is 0 Å². The van der Waals surface area contributed by atoms with Crippen molar-refractivity contribution in [1.29, 1.82) is 0 Å². The van der Waals surface area contributed by atoms with Gasteiger partial charge in [0.15, 0.2) is 0 Å². The monoisotopic (exact) mass is 279 g/mol. The topological polar surface area (TPSA) is 21.1 Å². The lowest BCUT2D eigenvalue weighted by atomic mass is 10.0. The molecular weight excluding hydrogens is 246 g/mol. The molecule has 3 nitrogen and oxygen atoms in total. The quantitative estimate of drug-likeness (QED) is 0.826. The van der Waals surface area contributed by atoms with Crippen molar-refractivity contribution >= 4 is 0 Å². The van der Waals surface area contributed by atoms with Gasteiger partial charge in [-0.15, -0.1) is 0 Å². The van der Waals surface area contributed by atoms with Crippen LogP contribution in [0.3, 0.4) is 0 Å². The molecule has 0 radical (unpaired) electrons. The molecule has 0 bridgehead atoms. The van der Waals surface area contributed by atoms with Crippen LogP contribution in [0.1, 0.15) is 69.8 Å². The normalized spacial score (nSPS) is 15.6. The summed E-state index contributed by atoms with van der Waals surface area (Å²) < 4.78 is 2.20. The van der Waals surface area contributed by atoms with Gasteiger partial charge in [-0.25, -0.2) is 0 Å². The number of nitrogens with zero attached hydrogens (tertiary/aromatic N) is 3. The molecule has 1 aromatic heterocycles. The molecule has 0 aromatic carbocycles. The summed E-state index contributed by atoms with van der Waals surface area (Å²) in [6.45, 7) is 17.8. The van der Waals surface area contributed by atoms with E-state index in [9.17, 15) is 0 Å². The Labute approximate surface area is 125 Å². The number of hydrogen-bond acceptors (Lipinski definition) is 2. The van der Waals surface area contributed by atoms with Crippen LogP contribution < -0.4 is 0 Å². The zero-order valence-electron chi connectivity index (χ0n) is 14.4. The summed E-state index contributed by atoms with van der Waals surface area (Å²) >= 11 is 0. The van der Waals surface area contributed by atoms with Crippen molar-refractivity contribution in [1.82, 2.24) is 14.7 Å². The van der Waals surface area contributed by atoms with E-state index in [-0.39, 0.29) is 0 Å². The van der Waals surface area contributed by atoms with Gasteiger partial charge in [0.2, 0.25) is 0 Å². The lowest BCUT2D eigenvalue weighted by molar-refractivity contribution is 0.314. The van der Waals surface area contributed by atoms with Crippen molar-refractivity contribution < 1.29 is 0 Å². The zero-order valence-corrected chi connectivity index (χ0v) is 14.4. The number of likely N-dealkylation sites (tertiary alicyclic amines) is 1. The van der Waals surface area contributed by atoms with Gasteiger partial charge in [-0.05, 0) is 51.3 Å². The molecule has 0 N–H and O–H groups in total. The van der Waals surface area contributed by atoms with Crippen LogP contribution in [0.2, 0.25) is 0 Å². The molecule has 1 aliphatic rings. The number of aryl methyl sites for hydroxylation is 1. The van der Waals surface area contributed by atoms with E-state index in [1.165, 1.54) is 49.3 Å². The van der Waals surface area contributed by atoms with Crippen LogP contribution in [0.25, 0.3) is 0 Å². The Morgan fingerprint density at radius 1 is 1.05 bits per heavy atom. The third-order valence-electron chi connectivity index (χ3n) is 3.84. The SMILES string of the molecule is CCC.Cc1nn(CCN2CCCC2)c(C)c1C(C)C. The Kier molecular flexibility index (Phi) is 7.28. The number of hydrogen-bond donors (Lipinski definition) is 0. The van der Waals surface area contributed by atoms with E-state index in [4.69, 9.17) is 0 Å². The van der Waals surface area contributed by atoms with Crippen molar-refractivity contribution in [2.45, 2.75) is 73.3 Å². The highest BCUT2D eigenvalue weighted by molar-refractivity contribution is 5.27. The summed E-state index contributed by atoms with van der Waals surface area (Å²) in [6.07, 6.45) is 3.99. The van der Waals surface area contributed by atoms with E-state index < -0.39 is 0 Å². The second-order valence-electron chi connectivity index (χ2n) is 6.22. The molecule has 0 unspecified atom stereocenters. The molecule has 1 aliphatic heterocycles. The van der Waals surface area contributed by atoms with Crippen molar-refractivity contribution in [3.8, 4) is 0 Å². The molecule has 20 heavy (non-hydrogen) atoms. The van der Waals surface area contributed by atoms with E-state index in [2.05, 4.69) is 56.2 Å². The number of rotatable bonds is 4. The van der Waals surface area contributed by atoms with Crippen LogP contribution in [-0.4, -0.2) is 34.3 Å². The fourth-order valence-electron chi connectivity index (χ4n) is 3.01. The van der Waals surface area contributed by atoms with Crippen molar-refractivity contribution in [3.63, 3.8) is 0 Å². The van der Waals surface area contributed by atoms with Crippen LogP contribution in [-0.2, 0) is 6.54 Å². The minimum absolute atomic E-state index is 0.579. The van der Waals surface area contributed by atoms with Crippen molar-refractivity contribution in [3.05, 3.63) is 17.0 Å². The van der Waals surface area contributed by atoms with E-state index >= 15 is 0 Å². The average Bonchev–Trinajstić information content (AvgIpc) is 2.96. The van der Waals surface area contributed by atoms with Gasteiger partial charge in [0.25, 0.3) is 0 Å². The van der Waals surface area contributed by atoms with Gasteiger partial charge in [-0.3, -0.25) is 4.68 Å². The highest BCUT2D eigenvalue weighted by Crippen LogP contribution is 2.22. The summed E-state index contributed by atoms with van der Waals surface area (Å²) in [5.74, 6) is 0.579. The van der Waals surface area contributed by atoms with E-state index in [1.54, 1.807) is 0 Å². The maximum atomic E-state index is 4.68. The highest BCUT2D eigenvalue weighted by Gasteiger charge is 2.16. The molecular formula is C17H33N3. The van der Waals surface area contributed by atoms with E-state index in [1.807, 2.05) is 0 Å². The van der Waals surface area contributed by atoms with Gasteiger partial charge in [0.1, 0.15) is 0 Å². The van der Waals surface area contributed by atoms with Gasteiger partial charge >= 0.3 is 0 Å². The molecule has 0 saturated carbocycles. The predicted octanol–water partition coefficient (Wildman–Crippen LogP) is 4.14. The van der Waals surface area contributed by atoms with E-state index in [0.717, 1.165) is 13.1 Å². The first-order valence-corrected chi connectivity index (χ1v) is 8.27. The molecule has 1 aromatic rings. The van der Waals surface area contributed by atoms with Gasteiger partial charge in [0, 0.05) is 12.2 Å². The Hall–Kier alpha value is -0.830. The molecule has 3 heteroatoms. The molecule has 2 heterocycles. The predicted molar refractivity (Wildman–Crippen MR) is 87.4 cm³/mol. The Morgan fingerprint density at radius 3 is 2.05 bits per heavy atom. The second-order valence-corrected chi connectivity index (χ2v) is 6.22. The largest absolute Gasteiger partial charge is 0.301 e. The third kappa shape index (κ3) is 4.62. The standard InChI is InChI=1S/C14H25N3.C3H8/c1-11(2)14-12(3)15-17(13(14)4)10-9-16-7-5-6-8-16;1-3-2/h11H,5-10H2,1-4H3;3H2,1-2H3. The average molecular weight is 279 g/mol. The first-order valence-electron chi connectivity index (χ1n) is 8.27. The lowest BCUT2D eigenvalue weighted by Gasteiger charge is -2.15. The summed E-state index contributed by atoms with van der Waals surface area (Å²) in [5, 5.41) is 4.68. The summed E-state index contributed by atoms with van der Waals surface area (Å²) in [5.41, 5.74) is 4.00. The molecule has 116 valence electrons. The summed E-state index contributed by atoms with van der Waals surface area (Å²) in [6, 6.07) is 0. The van der Waals surface area contributed by atoms with Crippen LogP contribution in [0.4, 0.5) is 0 Å². The molecule has 0 atom stereocenters. The van der Waals surface area contributed by atoms with Gasteiger partial charge in [-0.2, -0.15) is 5.10 Å². The van der Waals surface area contributed by atoms with E-state index in [0.29, 0.717) is 5.92 Å². The van der Waals surface area contributed by atoms with Crippen LogP contribution in [0.5, 0.6) is 0 Å².